The zero-order valence-electron chi connectivity index (χ0n) is 15.4. The van der Waals surface area contributed by atoms with Crippen molar-refractivity contribution in [1.29, 1.82) is 0 Å². The summed E-state index contributed by atoms with van der Waals surface area (Å²) in [6, 6.07) is 8.52. The van der Waals surface area contributed by atoms with Crippen LogP contribution in [0.4, 0.5) is 0 Å². The van der Waals surface area contributed by atoms with Crippen molar-refractivity contribution in [2.75, 3.05) is 7.05 Å². The number of hydrogen-bond acceptors (Lipinski definition) is 2. The smallest absolute Gasteiger partial charge is 0.219 e. The molecule has 26 heavy (non-hydrogen) atoms. The van der Waals surface area contributed by atoms with Gasteiger partial charge in [0.05, 0.1) is 11.9 Å². The summed E-state index contributed by atoms with van der Waals surface area (Å²) in [4.78, 5) is 19.2. The SMILES string of the molecule is CNC(=O)CCCCCCc1ncc(C2=Cc3ccccc3CC=C2)[nH]1. The minimum Gasteiger partial charge on any atom is -0.359 e. The van der Waals surface area contributed by atoms with Crippen molar-refractivity contribution in [2.24, 2.45) is 0 Å². The Morgan fingerprint density at radius 1 is 1.19 bits per heavy atom. The highest BCUT2D eigenvalue weighted by molar-refractivity contribution is 5.87. The van der Waals surface area contributed by atoms with Gasteiger partial charge in [-0.25, -0.2) is 4.98 Å². The van der Waals surface area contributed by atoms with Gasteiger partial charge in [0.1, 0.15) is 5.82 Å². The van der Waals surface area contributed by atoms with Gasteiger partial charge < -0.3 is 10.3 Å². The van der Waals surface area contributed by atoms with Crippen molar-refractivity contribution in [2.45, 2.75) is 44.9 Å². The number of imidazole rings is 1. The third-order valence-corrected chi connectivity index (χ3v) is 4.79. The molecule has 2 aromatic rings. The van der Waals surface area contributed by atoms with Crippen LogP contribution in [0.25, 0.3) is 11.6 Å². The lowest BCUT2D eigenvalue weighted by Crippen LogP contribution is -2.16. The molecular weight excluding hydrogens is 322 g/mol. The number of allylic oxidation sites excluding steroid dienone is 3. The lowest BCUT2D eigenvalue weighted by Gasteiger charge is -2.02. The second kappa shape index (κ2) is 9.18. The molecule has 0 aliphatic heterocycles. The molecule has 4 heteroatoms. The maximum absolute atomic E-state index is 11.2. The number of carbonyl (C=O) groups is 1. The van der Waals surface area contributed by atoms with Crippen LogP contribution < -0.4 is 5.32 Å². The zero-order valence-corrected chi connectivity index (χ0v) is 15.4. The number of rotatable bonds is 8. The Hall–Kier alpha value is -2.62. The van der Waals surface area contributed by atoms with Gasteiger partial charge in [-0.15, -0.1) is 0 Å². The number of H-pyrrole nitrogens is 1. The first-order valence-electron chi connectivity index (χ1n) is 9.47. The third-order valence-electron chi connectivity index (χ3n) is 4.79. The fraction of sp³-hybridized carbons (Fsp3) is 0.364. The summed E-state index contributed by atoms with van der Waals surface area (Å²) in [7, 11) is 1.69. The van der Waals surface area contributed by atoms with Crippen molar-refractivity contribution < 1.29 is 4.79 Å². The van der Waals surface area contributed by atoms with Crippen LogP contribution in [0.2, 0.25) is 0 Å². The molecule has 1 aromatic carbocycles. The minimum absolute atomic E-state index is 0.131. The number of nitrogens with one attached hydrogen (secondary N) is 2. The van der Waals surface area contributed by atoms with E-state index in [1.54, 1.807) is 7.05 Å². The van der Waals surface area contributed by atoms with E-state index >= 15 is 0 Å². The maximum Gasteiger partial charge on any atom is 0.219 e. The Labute approximate surface area is 155 Å². The van der Waals surface area contributed by atoms with Crippen LogP contribution >= 0.6 is 0 Å². The van der Waals surface area contributed by atoms with E-state index in [-0.39, 0.29) is 5.91 Å². The molecule has 1 aliphatic carbocycles. The van der Waals surface area contributed by atoms with Crippen molar-refractivity contribution >= 4 is 17.6 Å². The highest BCUT2D eigenvalue weighted by Crippen LogP contribution is 2.24. The first-order valence-corrected chi connectivity index (χ1v) is 9.47. The average molecular weight is 349 g/mol. The van der Waals surface area contributed by atoms with Gasteiger partial charge in [0.25, 0.3) is 0 Å². The molecule has 1 amide bonds. The van der Waals surface area contributed by atoms with Gasteiger partial charge in [0, 0.05) is 19.9 Å². The predicted molar refractivity (Wildman–Crippen MR) is 107 cm³/mol. The van der Waals surface area contributed by atoms with Crippen LogP contribution in [0.3, 0.4) is 0 Å². The molecule has 1 aliphatic rings. The average Bonchev–Trinajstić information content (AvgIpc) is 3.02. The summed E-state index contributed by atoms with van der Waals surface area (Å²) in [6.45, 7) is 0. The summed E-state index contributed by atoms with van der Waals surface area (Å²) in [5.74, 6) is 1.17. The van der Waals surface area contributed by atoms with E-state index in [9.17, 15) is 4.79 Å². The molecule has 0 unspecified atom stereocenters. The van der Waals surface area contributed by atoms with Crippen molar-refractivity contribution in [3.05, 3.63) is 65.3 Å². The molecule has 0 atom stereocenters. The summed E-state index contributed by atoms with van der Waals surface area (Å²) in [5.41, 5.74) is 4.89. The molecule has 0 bridgehead atoms. The van der Waals surface area contributed by atoms with E-state index < -0.39 is 0 Å². The normalized spacial score (nSPS) is 13.0. The number of amides is 1. The van der Waals surface area contributed by atoms with E-state index in [1.807, 2.05) is 6.20 Å². The topological polar surface area (TPSA) is 57.8 Å². The molecule has 0 fully saturated rings. The molecule has 0 spiro atoms. The quantitative estimate of drug-likeness (QED) is 0.698. The van der Waals surface area contributed by atoms with Gasteiger partial charge in [-0.05, 0) is 42.0 Å². The first kappa shape index (κ1) is 18.2. The molecule has 0 saturated heterocycles. The van der Waals surface area contributed by atoms with Gasteiger partial charge >= 0.3 is 0 Å². The number of benzene rings is 1. The van der Waals surface area contributed by atoms with Gasteiger partial charge in [-0.3, -0.25) is 4.79 Å². The number of nitrogens with zero attached hydrogens (tertiary/aromatic N) is 1. The molecular formula is C22H27N3O. The fourth-order valence-corrected chi connectivity index (χ4v) is 3.25. The molecule has 0 radical (unpaired) electrons. The summed E-state index contributed by atoms with van der Waals surface area (Å²) < 4.78 is 0. The molecule has 3 rings (SSSR count). The molecule has 0 saturated carbocycles. The van der Waals surface area contributed by atoms with E-state index in [2.05, 4.69) is 57.8 Å². The lowest BCUT2D eigenvalue weighted by molar-refractivity contribution is -0.120. The second-order valence-corrected chi connectivity index (χ2v) is 6.74. The second-order valence-electron chi connectivity index (χ2n) is 6.74. The van der Waals surface area contributed by atoms with Crippen molar-refractivity contribution in [3.8, 4) is 0 Å². The number of carbonyl (C=O) groups excluding carboxylic acids is 1. The Kier molecular flexibility index (Phi) is 6.42. The van der Waals surface area contributed by atoms with Crippen LogP contribution in [0.5, 0.6) is 0 Å². The molecule has 2 N–H and O–H groups in total. The van der Waals surface area contributed by atoms with Gasteiger partial charge in [-0.1, -0.05) is 49.3 Å². The summed E-state index contributed by atoms with van der Waals surface area (Å²) >= 11 is 0. The largest absolute Gasteiger partial charge is 0.359 e. The highest BCUT2D eigenvalue weighted by Gasteiger charge is 2.08. The number of aromatic nitrogens is 2. The van der Waals surface area contributed by atoms with E-state index in [1.165, 1.54) is 16.7 Å². The lowest BCUT2D eigenvalue weighted by atomic mass is 10.0. The Bertz CT molecular complexity index is 801. The van der Waals surface area contributed by atoms with Crippen molar-refractivity contribution in [3.63, 3.8) is 0 Å². The van der Waals surface area contributed by atoms with Crippen LogP contribution in [0, 0.1) is 0 Å². The first-order chi connectivity index (χ1) is 12.8. The number of hydrogen-bond donors (Lipinski definition) is 2. The number of aromatic amines is 1. The van der Waals surface area contributed by atoms with Crippen molar-refractivity contribution in [1.82, 2.24) is 15.3 Å². The van der Waals surface area contributed by atoms with E-state index in [0.717, 1.165) is 50.0 Å². The zero-order chi connectivity index (χ0) is 18.2. The van der Waals surface area contributed by atoms with Crippen LogP contribution in [0.15, 0.2) is 42.6 Å². The number of unbranched alkanes of at least 4 members (excludes halogenated alkanes) is 3. The van der Waals surface area contributed by atoms with E-state index in [4.69, 9.17) is 0 Å². The van der Waals surface area contributed by atoms with Gasteiger partial charge in [0.15, 0.2) is 0 Å². The van der Waals surface area contributed by atoms with Gasteiger partial charge in [-0.2, -0.15) is 0 Å². The summed E-state index contributed by atoms with van der Waals surface area (Å²) in [5, 5.41) is 2.66. The fourth-order valence-electron chi connectivity index (χ4n) is 3.25. The predicted octanol–water partition coefficient (Wildman–Crippen LogP) is 4.30. The summed E-state index contributed by atoms with van der Waals surface area (Å²) in [6.07, 6.45) is 15.4. The highest BCUT2D eigenvalue weighted by atomic mass is 16.1. The van der Waals surface area contributed by atoms with Crippen LogP contribution in [-0.2, 0) is 17.6 Å². The standard InChI is InChI=1S/C22H27N3O/c1-23-22(26)14-5-3-2-4-13-21-24-16-20(25-21)19-12-8-11-17-9-6-7-10-18(17)15-19/h6-10,12,15-16H,2-5,11,13-14H2,1H3,(H,23,26)(H,24,25). The molecule has 4 nitrogen and oxygen atoms in total. The maximum atomic E-state index is 11.2. The Morgan fingerprint density at radius 2 is 2.04 bits per heavy atom. The van der Waals surface area contributed by atoms with Crippen LogP contribution in [-0.4, -0.2) is 22.9 Å². The monoisotopic (exact) mass is 349 g/mol. The van der Waals surface area contributed by atoms with E-state index in [0.29, 0.717) is 6.42 Å². The third kappa shape index (κ3) is 4.94. The molecule has 136 valence electrons. The molecule has 1 aromatic heterocycles. The number of aryl methyl sites for hydroxylation is 1. The molecule has 1 heterocycles. The number of fused-ring (bicyclic) bond motifs is 1. The van der Waals surface area contributed by atoms with Gasteiger partial charge in [0.2, 0.25) is 5.91 Å². The Balaban J connectivity index is 1.52. The Morgan fingerprint density at radius 3 is 2.92 bits per heavy atom. The minimum atomic E-state index is 0.131. The van der Waals surface area contributed by atoms with Crippen LogP contribution in [0.1, 0.15) is 54.7 Å².